The van der Waals surface area contributed by atoms with Crippen LogP contribution in [0.2, 0.25) is 0 Å². The molecule has 1 aromatic heterocycles. The minimum atomic E-state index is 0.196. The highest BCUT2D eigenvalue weighted by Crippen LogP contribution is 2.56. The van der Waals surface area contributed by atoms with Gasteiger partial charge in [-0.1, -0.05) is 13.8 Å². The van der Waals surface area contributed by atoms with Crippen LogP contribution < -0.4 is 10.5 Å². The lowest BCUT2D eigenvalue weighted by atomic mass is 10.1. The number of ether oxygens (including phenoxy) is 1. The van der Waals surface area contributed by atoms with E-state index in [0.717, 1.165) is 11.4 Å². The third-order valence-corrected chi connectivity index (χ3v) is 3.22. The smallest absolute Gasteiger partial charge is 0.137 e. The van der Waals surface area contributed by atoms with Gasteiger partial charge in [0.2, 0.25) is 0 Å². The molecule has 0 aliphatic heterocycles. The molecule has 1 aliphatic carbocycles. The zero-order valence-electron chi connectivity index (χ0n) is 8.82. The monoisotopic (exact) mass is 192 g/mol. The van der Waals surface area contributed by atoms with E-state index in [1.54, 1.807) is 13.3 Å². The summed E-state index contributed by atoms with van der Waals surface area (Å²) in [6, 6.07) is 4.17. The summed E-state index contributed by atoms with van der Waals surface area (Å²) in [5, 5.41) is 0. The number of nitrogens with two attached hydrogens (primary N) is 1. The molecule has 3 nitrogen and oxygen atoms in total. The number of aromatic nitrogens is 1. The molecule has 14 heavy (non-hydrogen) atoms. The fourth-order valence-electron chi connectivity index (χ4n) is 1.94. The second-order valence-corrected chi connectivity index (χ2v) is 4.45. The maximum absolute atomic E-state index is 5.98. The van der Waals surface area contributed by atoms with Crippen molar-refractivity contribution < 1.29 is 4.74 Å². The Kier molecular flexibility index (Phi) is 2.00. The molecule has 1 aliphatic rings. The molecule has 0 amide bonds. The molecule has 1 fully saturated rings. The van der Waals surface area contributed by atoms with Crippen LogP contribution in [-0.2, 0) is 0 Å². The molecular weight excluding hydrogens is 176 g/mol. The van der Waals surface area contributed by atoms with Crippen molar-refractivity contribution in [1.29, 1.82) is 0 Å². The van der Waals surface area contributed by atoms with Crippen molar-refractivity contribution in [3.8, 4) is 5.75 Å². The van der Waals surface area contributed by atoms with E-state index in [4.69, 9.17) is 10.5 Å². The van der Waals surface area contributed by atoms with E-state index < -0.39 is 0 Å². The quantitative estimate of drug-likeness (QED) is 0.773. The maximum atomic E-state index is 5.98. The lowest BCUT2D eigenvalue weighted by Crippen LogP contribution is -2.06. The van der Waals surface area contributed by atoms with Crippen molar-refractivity contribution in [1.82, 2.24) is 4.98 Å². The van der Waals surface area contributed by atoms with Crippen LogP contribution in [0.25, 0.3) is 0 Å². The molecule has 76 valence electrons. The number of nitrogens with zero attached hydrogens (tertiary/aromatic N) is 1. The van der Waals surface area contributed by atoms with Crippen LogP contribution in [0.15, 0.2) is 18.3 Å². The highest BCUT2D eigenvalue weighted by molar-refractivity contribution is 5.31. The Bertz CT molecular complexity index is 332. The molecule has 0 radical (unpaired) electrons. The van der Waals surface area contributed by atoms with Gasteiger partial charge in [-0.3, -0.25) is 4.98 Å². The Morgan fingerprint density at radius 3 is 2.43 bits per heavy atom. The van der Waals surface area contributed by atoms with Gasteiger partial charge in [0.1, 0.15) is 5.75 Å². The van der Waals surface area contributed by atoms with Gasteiger partial charge >= 0.3 is 0 Å². The Balaban J connectivity index is 2.20. The zero-order chi connectivity index (χ0) is 10.3. The SMILES string of the molecule is COc1ccc(C2C(N)C2(C)C)nc1. The van der Waals surface area contributed by atoms with Crippen molar-refractivity contribution in [2.75, 3.05) is 7.11 Å². The first-order valence-corrected chi connectivity index (χ1v) is 4.83. The summed E-state index contributed by atoms with van der Waals surface area (Å²) < 4.78 is 5.05. The van der Waals surface area contributed by atoms with Gasteiger partial charge in [0.25, 0.3) is 0 Å². The van der Waals surface area contributed by atoms with Gasteiger partial charge in [0, 0.05) is 17.7 Å². The van der Waals surface area contributed by atoms with Crippen LogP contribution in [-0.4, -0.2) is 18.1 Å². The minimum absolute atomic E-state index is 0.196. The predicted molar refractivity (Wildman–Crippen MR) is 55.3 cm³/mol. The Labute approximate surface area is 84.3 Å². The Morgan fingerprint density at radius 2 is 2.07 bits per heavy atom. The molecule has 0 bridgehead atoms. The highest BCUT2D eigenvalue weighted by Gasteiger charge is 2.56. The van der Waals surface area contributed by atoms with Crippen LogP contribution in [0.4, 0.5) is 0 Å². The molecule has 3 heteroatoms. The fraction of sp³-hybridized carbons (Fsp3) is 0.545. The number of hydrogen-bond donors (Lipinski definition) is 1. The summed E-state index contributed by atoms with van der Waals surface area (Å²) in [6.45, 7) is 4.35. The standard InChI is InChI=1S/C11H16N2O/c1-11(2)9(10(11)12)8-5-4-7(14-3)6-13-8/h4-6,9-10H,12H2,1-3H3. The van der Waals surface area contributed by atoms with Gasteiger partial charge < -0.3 is 10.5 Å². The van der Waals surface area contributed by atoms with Gasteiger partial charge in [-0.15, -0.1) is 0 Å². The van der Waals surface area contributed by atoms with E-state index in [1.807, 2.05) is 12.1 Å². The number of methoxy groups -OCH3 is 1. The second-order valence-electron chi connectivity index (χ2n) is 4.45. The first-order chi connectivity index (χ1) is 6.57. The van der Waals surface area contributed by atoms with Crippen LogP contribution in [0.3, 0.4) is 0 Å². The molecule has 2 N–H and O–H groups in total. The molecular formula is C11H16N2O. The molecule has 2 atom stereocenters. The van der Waals surface area contributed by atoms with Crippen molar-refractivity contribution in [2.24, 2.45) is 11.1 Å². The van der Waals surface area contributed by atoms with Crippen LogP contribution >= 0.6 is 0 Å². The fourth-order valence-corrected chi connectivity index (χ4v) is 1.94. The first kappa shape index (κ1) is 9.46. The summed E-state index contributed by atoms with van der Waals surface area (Å²) in [5.74, 6) is 1.19. The topological polar surface area (TPSA) is 48.1 Å². The van der Waals surface area contributed by atoms with E-state index in [9.17, 15) is 0 Å². The summed E-state index contributed by atoms with van der Waals surface area (Å²) in [5.41, 5.74) is 7.24. The molecule has 2 rings (SSSR count). The van der Waals surface area contributed by atoms with Gasteiger partial charge in [-0.25, -0.2) is 0 Å². The van der Waals surface area contributed by atoms with Gasteiger partial charge in [-0.2, -0.15) is 0 Å². The van der Waals surface area contributed by atoms with E-state index >= 15 is 0 Å². The predicted octanol–water partition coefficient (Wildman–Crippen LogP) is 1.54. The summed E-state index contributed by atoms with van der Waals surface area (Å²) >= 11 is 0. The van der Waals surface area contributed by atoms with Crippen LogP contribution in [0, 0.1) is 5.41 Å². The third kappa shape index (κ3) is 1.28. The highest BCUT2D eigenvalue weighted by atomic mass is 16.5. The largest absolute Gasteiger partial charge is 0.495 e. The number of pyridine rings is 1. The molecule has 0 saturated heterocycles. The van der Waals surface area contributed by atoms with E-state index in [-0.39, 0.29) is 11.5 Å². The van der Waals surface area contributed by atoms with Crippen molar-refractivity contribution in [3.63, 3.8) is 0 Å². The average Bonchev–Trinajstić information content (AvgIpc) is 2.67. The number of rotatable bonds is 2. The number of hydrogen-bond acceptors (Lipinski definition) is 3. The summed E-state index contributed by atoms with van der Waals surface area (Å²) in [6.07, 6.45) is 1.75. The maximum Gasteiger partial charge on any atom is 0.137 e. The van der Waals surface area contributed by atoms with Gasteiger partial charge in [0.15, 0.2) is 0 Å². The third-order valence-electron chi connectivity index (χ3n) is 3.22. The van der Waals surface area contributed by atoms with E-state index in [0.29, 0.717) is 5.92 Å². The molecule has 1 saturated carbocycles. The van der Waals surface area contributed by atoms with Crippen molar-refractivity contribution >= 4 is 0 Å². The molecule has 0 spiro atoms. The molecule has 0 aromatic carbocycles. The van der Waals surface area contributed by atoms with E-state index in [1.165, 1.54) is 0 Å². The van der Waals surface area contributed by atoms with Crippen LogP contribution in [0.1, 0.15) is 25.5 Å². The molecule has 1 aromatic rings. The minimum Gasteiger partial charge on any atom is -0.495 e. The lowest BCUT2D eigenvalue weighted by Gasteiger charge is -2.03. The molecule has 1 heterocycles. The zero-order valence-corrected chi connectivity index (χ0v) is 8.82. The normalized spacial score (nSPS) is 28.6. The average molecular weight is 192 g/mol. The Morgan fingerprint density at radius 1 is 1.43 bits per heavy atom. The van der Waals surface area contributed by atoms with Gasteiger partial charge in [-0.05, 0) is 17.5 Å². The molecule has 2 unspecified atom stereocenters. The van der Waals surface area contributed by atoms with Crippen LogP contribution in [0.5, 0.6) is 5.75 Å². The van der Waals surface area contributed by atoms with Crippen molar-refractivity contribution in [2.45, 2.75) is 25.8 Å². The Hall–Kier alpha value is -1.09. The first-order valence-electron chi connectivity index (χ1n) is 4.83. The van der Waals surface area contributed by atoms with Crippen molar-refractivity contribution in [3.05, 3.63) is 24.0 Å². The second kappa shape index (κ2) is 2.95. The summed E-state index contributed by atoms with van der Waals surface area (Å²) in [4.78, 5) is 4.35. The summed E-state index contributed by atoms with van der Waals surface area (Å²) in [7, 11) is 1.64. The van der Waals surface area contributed by atoms with Gasteiger partial charge in [0.05, 0.1) is 13.3 Å². The lowest BCUT2D eigenvalue weighted by molar-refractivity contribution is 0.412. The van der Waals surface area contributed by atoms with E-state index in [2.05, 4.69) is 18.8 Å².